The maximum atomic E-state index is 11.4. The first-order valence-electron chi connectivity index (χ1n) is 5.95. The van der Waals surface area contributed by atoms with E-state index in [0.29, 0.717) is 5.56 Å². The van der Waals surface area contributed by atoms with Gasteiger partial charge in [0, 0.05) is 20.8 Å². The number of ether oxygens (including phenoxy) is 1. The van der Waals surface area contributed by atoms with Crippen LogP contribution in [0.1, 0.15) is 15.9 Å². The maximum Gasteiger partial charge on any atom is 0.337 e. The van der Waals surface area contributed by atoms with Gasteiger partial charge in [-0.2, -0.15) is 0 Å². The molecule has 2 N–H and O–H groups in total. The highest BCUT2D eigenvalue weighted by molar-refractivity contribution is 9.10. The van der Waals surface area contributed by atoms with E-state index >= 15 is 0 Å². The molecule has 0 atom stereocenters. The van der Waals surface area contributed by atoms with Crippen LogP contribution in [-0.4, -0.2) is 13.1 Å². The van der Waals surface area contributed by atoms with Crippen molar-refractivity contribution in [2.24, 2.45) is 0 Å². The standard InChI is InChI=1S/C15H14BrNO2S/c1-19-15(18)10-5-6-11(14(16)7-10)9-20-13-4-2-3-12(17)8-13/h2-8H,9,17H2,1H3. The van der Waals surface area contributed by atoms with Gasteiger partial charge in [0.05, 0.1) is 12.7 Å². The van der Waals surface area contributed by atoms with Gasteiger partial charge in [-0.25, -0.2) is 4.79 Å². The highest BCUT2D eigenvalue weighted by atomic mass is 79.9. The Morgan fingerprint density at radius 3 is 2.75 bits per heavy atom. The number of anilines is 1. The lowest BCUT2D eigenvalue weighted by atomic mass is 10.1. The van der Waals surface area contributed by atoms with Gasteiger partial charge < -0.3 is 10.5 Å². The van der Waals surface area contributed by atoms with Crippen LogP contribution in [0.5, 0.6) is 0 Å². The number of nitrogen functional groups attached to an aromatic ring is 1. The fourth-order valence-corrected chi connectivity index (χ4v) is 3.35. The lowest BCUT2D eigenvalue weighted by Gasteiger charge is -2.07. The summed E-state index contributed by atoms with van der Waals surface area (Å²) < 4.78 is 5.59. The van der Waals surface area contributed by atoms with Crippen LogP contribution in [0, 0.1) is 0 Å². The first-order valence-corrected chi connectivity index (χ1v) is 7.73. The van der Waals surface area contributed by atoms with Crippen LogP contribution in [-0.2, 0) is 10.5 Å². The number of benzene rings is 2. The molecule has 0 spiro atoms. The summed E-state index contributed by atoms with van der Waals surface area (Å²) in [7, 11) is 1.37. The quantitative estimate of drug-likeness (QED) is 0.511. The molecule has 5 heteroatoms. The molecule has 0 fully saturated rings. The molecule has 20 heavy (non-hydrogen) atoms. The number of rotatable bonds is 4. The van der Waals surface area contributed by atoms with Gasteiger partial charge in [0.15, 0.2) is 0 Å². The van der Waals surface area contributed by atoms with Crippen LogP contribution in [0.2, 0.25) is 0 Å². The molecule has 0 bridgehead atoms. The fourth-order valence-electron chi connectivity index (χ4n) is 1.67. The van der Waals surface area contributed by atoms with Crippen molar-refractivity contribution in [1.82, 2.24) is 0 Å². The second-order valence-electron chi connectivity index (χ2n) is 4.16. The van der Waals surface area contributed by atoms with E-state index in [-0.39, 0.29) is 5.97 Å². The molecular formula is C15H14BrNO2S. The molecule has 0 aliphatic carbocycles. The Kier molecular flexibility index (Phi) is 5.09. The predicted octanol–water partition coefficient (Wildman–Crippen LogP) is 4.11. The van der Waals surface area contributed by atoms with Crippen LogP contribution in [0.15, 0.2) is 51.8 Å². The molecule has 0 radical (unpaired) electrons. The van der Waals surface area contributed by atoms with Crippen molar-refractivity contribution in [2.45, 2.75) is 10.6 Å². The summed E-state index contributed by atoms with van der Waals surface area (Å²) in [4.78, 5) is 12.6. The zero-order chi connectivity index (χ0) is 14.5. The molecule has 0 heterocycles. The fraction of sp³-hybridized carbons (Fsp3) is 0.133. The monoisotopic (exact) mass is 351 g/mol. The normalized spacial score (nSPS) is 10.3. The van der Waals surface area contributed by atoms with Crippen molar-refractivity contribution < 1.29 is 9.53 Å². The lowest BCUT2D eigenvalue weighted by Crippen LogP contribution is -2.01. The summed E-state index contributed by atoms with van der Waals surface area (Å²) in [5.41, 5.74) is 8.17. The summed E-state index contributed by atoms with van der Waals surface area (Å²) in [6.07, 6.45) is 0. The number of halogens is 1. The number of hydrogen-bond donors (Lipinski definition) is 1. The van der Waals surface area contributed by atoms with Gasteiger partial charge in [-0.15, -0.1) is 11.8 Å². The summed E-state index contributed by atoms with van der Waals surface area (Å²) >= 11 is 5.18. The molecule has 104 valence electrons. The Morgan fingerprint density at radius 2 is 2.10 bits per heavy atom. The van der Waals surface area contributed by atoms with Gasteiger partial charge in [0.2, 0.25) is 0 Å². The number of carbonyl (C=O) groups excluding carboxylic acids is 1. The number of esters is 1. The van der Waals surface area contributed by atoms with Crippen LogP contribution in [0.4, 0.5) is 5.69 Å². The Labute approximate surface area is 130 Å². The molecule has 0 aromatic heterocycles. The van der Waals surface area contributed by atoms with Crippen LogP contribution >= 0.6 is 27.7 Å². The van der Waals surface area contributed by atoms with Gasteiger partial charge >= 0.3 is 5.97 Å². The largest absolute Gasteiger partial charge is 0.465 e. The van der Waals surface area contributed by atoms with E-state index in [0.717, 1.165) is 26.4 Å². The van der Waals surface area contributed by atoms with Crippen LogP contribution in [0.3, 0.4) is 0 Å². The van der Waals surface area contributed by atoms with Crippen molar-refractivity contribution in [2.75, 3.05) is 12.8 Å². The highest BCUT2D eigenvalue weighted by Gasteiger charge is 2.08. The molecule has 0 unspecified atom stereocenters. The molecule has 2 aromatic rings. The zero-order valence-electron chi connectivity index (χ0n) is 10.9. The molecule has 0 aliphatic rings. The molecule has 0 aliphatic heterocycles. The summed E-state index contributed by atoms with van der Waals surface area (Å²) in [6, 6.07) is 13.2. The second kappa shape index (κ2) is 6.81. The number of carbonyl (C=O) groups is 1. The Morgan fingerprint density at radius 1 is 1.30 bits per heavy atom. The number of thioether (sulfide) groups is 1. The molecule has 3 nitrogen and oxygen atoms in total. The Bertz CT molecular complexity index is 631. The van der Waals surface area contributed by atoms with Gasteiger partial charge in [0.1, 0.15) is 0 Å². The van der Waals surface area contributed by atoms with Gasteiger partial charge in [-0.05, 0) is 35.9 Å². The van der Waals surface area contributed by atoms with Crippen LogP contribution < -0.4 is 5.73 Å². The molecule has 2 rings (SSSR count). The highest BCUT2D eigenvalue weighted by Crippen LogP contribution is 2.28. The number of nitrogens with two attached hydrogens (primary N) is 1. The third kappa shape index (κ3) is 3.77. The van der Waals surface area contributed by atoms with Crippen molar-refractivity contribution in [3.05, 3.63) is 58.1 Å². The van der Waals surface area contributed by atoms with E-state index in [1.165, 1.54) is 7.11 Å². The van der Waals surface area contributed by atoms with Gasteiger partial charge in [-0.1, -0.05) is 28.1 Å². The van der Waals surface area contributed by atoms with Gasteiger partial charge in [0.25, 0.3) is 0 Å². The Hall–Kier alpha value is -1.46. The number of methoxy groups -OCH3 is 1. The van der Waals surface area contributed by atoms with Crippen molar-refractivity contribution in [1.29, 1.82) is 0 Å². The minimum absolute atomic E-state index is 0.333. The molecule has 2 aromatic carbocycles. The van der Waals surface area contributed by atoms with E-state index in [4.69, 9.17) is 10.5 Å². The van der Waals surface area contributed by atoms with E-state index < -0.39 is 0 Å². The molecule has 0 saturated heterocycles. The third-order valence-corrected chi connectivity index (χ3v) is 4.51. The Balaban J connectivity index is 2.08. The average Bonchev–Trinajstić information content (AvgIpc) is 2.45. The van der Waals surface area contributed by atoms with Crippen molar-refractivity contribution >= 4 is 39.3 Å². The summed E-state index contributed by atoms with van der Waals surface area (Å²) in [5, 5.41) is 0. The van der Waals surface area contributed by atoms with E-state index in [2.05, 4.69) is 15.9 Å². The van der Waals surface area contributed by atoms with Crippen molar-refractivity contribution in [3.63, 3.8) is 0 Å². The van der Waals surface area contributed by atoms with Gasteiger partial charge in [-0.3, -0.25) is 0 Å². The topological polar surface area (TPSA) is 52.3 Å². The second-order valence-corrected chi connectivity index (χ2v) is 6.06. The SMILES string of the molecule is COC(=O)c1ccc(CSc2cccc(N)c2)c(Br)c1. The predicted molar refractivity (Wildman–Crippen MR) is 85.9 cm³/mol. The molecule has 0 amide bonds. The first kappa shape index (κ1) is 14.9. The van der Waals surface area contributed by atoms with E-state index in [9.17, 15) is 4.79 Å². The maximum absolute atomic E-state index is 11.4. The third-order valence-electron chi connectivity index (χ3n) is 2.73. The minimum Gasteiger partial charge on any atom is -0.465 e. The first-order chi connectivity index (χ1) is 9.60. The van der Waals surface area contributed by atoms with E-state index in [1.54, 1.807) is 23.9 Å². The zero-order valence-corrected chi connectivity index (χ0v) is 13.3. The minimum atomic E-state index is -0.333. The molecule has 0 saturated carbocycles. The van der Waals surface area contributed by atoms with Crippen molar-refractivity contribution in [3.8, 4) is 0 Å². The number of hydrogen-bond acceptors (Lipinski definition) is 4. The summed E-state index contributed by atoms with van der Waals surface area (Å²) in [5.74, 6) is 0.464. The summed E-state index contributed by atoms with van der Waals surface area (Å²) in [6.45, 7) is 0. The average molecular weight is 352 g/mol. The van der Waals surface area contributed by atoms with Crippen LogP contribution in [0.25, 0.3) is 0 Å². The lowest BCUT2D eigenvalue weighted by molar-refractivity contribution is 0.0600. The smallest absolute Gasteiger partial charge is 0.337 e. The van der Waals surface area contributed by atoms with E-state index in [1.807, 2.05) is 30.3 Å². The molecular weight excluding hydrogens is 338 g/mol.